The Morgan fingerprint density at radius 1 is 1.08 bits per heavy atom. The molecule has 2 aromatic rings. The van der Waals surface area contributed by atoms with Gasteiger partial charge in [0.15, 0.2) is 6.61 Å². The van der Waals surface area contributed by atoms with Crippen LogP contribution in [0.3, 0.4) is 0 Å². The molecule has 138 valence electrons. The first-order valence-electron chi connectivity index (χ1n) is 8.27. The lowest BCUT2D eigenvalue weighted by Crippen LogP contribution is -2.23. The molecule has 0 unspecified atom stereocenters. The zero-order valence-corrected chi connectivity index (χ0v) is 16.4. The second kappa shape index (κ2) is 9.06. The number of benzene rings is 2. The number of esters is 1. The lowest BCUT2D eigenvalue weighted by Gasteiger charge is -2.16. The molecular formula is C20H21Cl2NO3. The quantitative estimate of drug-likeness (QED) is 0.690. The van der Waals surface area contributed by atoms with E-state index in [0.717, 1.165) is 16.8 Å². The van der Waals surface area contributed by atoms with Gasteiger partial charge in [0.05, 0.1) is 6.42 Å². The van der Waals surface area contributed by atoms with Crippen molar-refractivity contribution in [3.63, 3.8) is 0 Å². The number of anilines is 1. The minimum atomic E-state index is -0.566. The normalized spacial score (nSPS) is 10.7. The summed E-state index contributed by atoms with van der Waals surface area (Å²) in [5.41, 5.74) is 3.24. The second-order valence-electron chi connectivity index (χ2n) is 6.28. The van der Waals surface area contributed by atoms with Crippen molar-refractivity contribution >= 4 is 40.8 Å². The van der Waals surface area contributed by atoms with Crippen LogP contribution in [0.2, 0.25) is 10.0 Å². The molecule has 0 heterocycles. The number of carbonyl (C=O) groups is 2. The first kappa shape index (κ1) is 20.3. The molecule has 0 radical (unpaired) electrons. The van der Waals surface area contributed by atoms with Gasteiger partial charge >= 0.3 is 5.97 Å². The number of ether oxygens (including phenoxy) is 1. The van der Waals surface area contributed by atoms with Gasteiger partial charge < -0.3 is 10.1 Å². The Bertz CT molecular complexity index is 798. The molecule has 6 heteroatoms. The van der Waals surface area contributed by atoms with E-state index in [-0.39, 0.29) is 24.9 Å². The Kier molecular flexibility index (Phi) is 7.06. The average molecular weight is 394 g/mol. The van der Waals surface area contributed by atoms with Gasteiger partial charge in [-0.3, -0.25) is 9.59 Å². The van der Waals surface area contributed by atoms with E-state index in [0.29, 0.717) is 15.6 Å². The molecule has 0 saturated carbocycles. The van der Waals surface area contributed by atoms with E-state index in [1.54, 1.807) is 18.2 Å². The smallest absolute Gasteiger partial charge is 0.310 e. The number of halogens is 2. The Hall–Kier alpha value is -2.04. The van der Waals surface area contributed by atoms with E-state index in [9.17, 15) is 9.59 Å². The van der Waals surface area contributed by atoms with Gasteiger partial charge in [-0.1, -0.05) is 61.3 Å². The fraction of sp³-hybridized carbons (Fsp3) is 0.300. The summed E-state index contributed by atoms with van der Waals surface area (Å²) in [6.07, 6.45) is -0.0899. The lowest BCUT2D eigenvalue weighted by molar-refractivity contribution is -0.146. The molecule has 26 heavy (non-hydrogen) atoms. The molecule has 0 aliphatic heterocycles. The van der Waals surface area contributed by atoms with Crippen molar-refractivity contribution in [1.29, 1.82) is 0 Å². The second-order valence-corrected chi connectivity index (χ2v) is 7.09. The number of hydrogen-bond donors (Lipinski definition) is 1. The third-order valence-corrected chi connectivity index (χ3v) is 4.65. The summed E-state index contributed by atoms with van der Waals surface area (Å²) in [6, 6.07) is 10.8. The van der Waals surface area contributed by atoms with Crippen LogP contribution in [0.15, 0.2) is 36.4 Å². The van der Waals surface area contributed by atoms with Gasteiger partial charge in [-0.15, -0.1) is 0 Å². The van der Waals surface area contributed by atoms with E-state index in [2.05, 4.69) is 19.2 Å². The third-order valence-electron chi connectivity index (χ3n) is 3.94. The third kappa shape index (κ3) is 5.23. The van der Waals surface area contributed by atoms with Gasteiger partial charge in [0.2, 0.25) is 0 Å². The molecule has 0 aromatic heterocycles. The van der Waals surface area contributed by atoms with E-state index in [1.807, 2.05) is 25.1 Å². The highest BCUT2D eigenvalue weighted by Gasteiger charge is 2.15. The topological polar surface area (TPSA) is 55.4 Å². The standard InChI is InChI=1S/C20H21Cl2NO3/c1-12(2)14-7-4-6-13(3)20(14)23-18(24)11-26-19(25)10-15-16(21)8-5-9-17(15)22/h4-9,12H,10-11H2,1-3H3,(H,23,24). The molecule has 4 nitrogen and oxygen atoms in total. The summed E-state index contributed by atoms with van der Waals surface area (Å²) < 4.78 is 5.06. The zero-order valence-electron chi connectivity index (χ0n) is 14.9. The predicted octanol–water partition coefficient (Wildman–Crippen LogP) is 5.15. The summed E-state index contributed by atoms with van der Waals surface area (Å²) >= 11 is 12.1. The van der Waals surface area contributed by atoms with E-state index in [4.69, 9.17) is 27.9 Å². The van der Waals surface area contributed by atoms with Crippen LogP contribution in [0.4, 0.5) is 5.69 Å². The van der Waals surface area contributed by atoms with E-state index in [1.165, 1.54) is 0 Å². The van der Waals surface area contributed by atoms with Crippen LogP contribution >= 0.6 is 23.2 Å². The maximum atomic E-state index is 12.2. The van der Waals surface area contributed by atoms with Crippen LogP contribution in [0.1, 0.15) is 36.5 Å². The van der Waals surface area contributed by atoms with Crippen LogP contribution in [0.5, 0.6) is 0 Å². The maximum Gasteiger partial charge on any atom is 0.310 e. The number of aryl methyl sites for hydroxylation is 1. The largest absolute Gasteiger partial charge is 0.455 e. The maximum absolute atomic E-state index is 12.2. The molecule has 0 aliphatic rings. The summed E-state index contributed by atoms with van der Waals surface area (Å²) in [5, 5.41) is 3.61. The monoisotopic (exact) mass is 393 g/mol. The van der Waals surface area contributed by atoms with Crippen LogP contribution in [0.25, 0.3) is 0 Å². The number of carbonyl (C=O) groups excluding carboxylic acids is 2. The summed E-state index contributed by atoms with van der Waals surface area (Å²) in [7, 11) is 0. The number of amides is 1. The fourth-order valence-electron chi connectivity index (χ4n) is 2.56. The Labute approximate surface area is 163 Å². The van der Waals surface area contributed by atoms with Crippen molar-refractivity contribution in [1.82, 2.24) is 0 Å². The Morgan fingerprint density at radius 2 is 1.69 bits per heavy atom. The summed E-state index contributed by atoms with van der Waals surface area (Å²) in [5.74, 6) is -0.695. The van der Waals surface area contributed by atoms with Crippen molar-refractivity contribution in [2.75, 3.05) is 11.9 Å². The molecule has 0 fully saturated rings. The molecule has 0 aliphatic carbocycles. The summed E-state index contributed by atoms with van der Waals surface area (Å²) in [4.78, 5) is 24.2. The van der Waals surface area contributed by atoms with Crippen molar-refractivity contribution in [3.8, 4) is 0 Å². The van der Waals surface area contributed by atoms with E-state index < -0.39 is 5.97 Å². The highest BCUT2D eigenvalue weighted by atomic mass is 35.5. The number of hydrogen-bond acceptors (Lipinski definition) is 3. The lowest BCUT2D eigenvalue weighted by atomic mass is 9.98. The highest BCUT2D eigenvalue weighted by molar-refractivity contribution is 6.36. The molecule has 1 amide bonds. The van der Waals surface area contributed by atoms with Gasteiger partial charge in [-0.25, -0.2) is 0 Å². The van der Waals surface area contributed by atoms with Crippen LogP contribution < -0.4 is 5.32 Å². The molecule has 0 bridgehead atoms. The van der Waals surface area contributed by atoms with Crippen LogP contribution in [0, 0.1) is 6.92 Å². The minimum absolute atomic E-state index is 0.0899. The minimum Gasteiger partial charge on any atom is -0.455 e. The van der Waals surface area contributed by atoms with Crippen molar-refractivity contribution in [2.45, 2.75) is 33.1 Å². The Balaban J connectivity index is 1.96. The fourth-order valence-corrected chi connectivity index (χ4v) is 3.09. The van der Waals surface area contributed by atoms with Gasteiger partial charge in [-0.05, 0) is 36.1 Å². The highest BCUT2D eigenvalue weighted by Crippen LogP contribution is 2.27. The van der Waals surface area contributed by atoms with Crippen LogP contribution in [-0.4, -0.2) is 18.5 Å². The zero-order chi connectivity index (χ0) is 19.3. The molecule has 0 spiro atoms. The molecular weight excluding hydrogens is 373 g/mol. The van der Waals surface area contributed by atoms with Gasteiger partial charge in [0.1, 0.15) is 0 Å². The van der Waals surface area contributed by atoms with Gasteiger partial charge in [0, 0.05) is 21.3 Å². The van der Waals surface area contributed by atoms with Gasteiger partial charge in [0.25, 0.3) is 5.91 Å². The van der Waals surface area contributed by atoms with Crippen molar-refractivity contribution < 1.29 is 14.3 Å². The number of para-hydroxylation sites is 1. The first-order valence-corrected chi connectivity index (χ1v) is 9.03. The molecule has 1 N–H and O–H groups in total. The predicted molar refractivity (Wildman–Crippen MR) is 105 cm³/mol. The van der Waals surface area contributed by atoms with E-state index >= 15 is 0 Å². The number of rotatable bonds is 6. The molecule has 0 atom stereocenters. The first-order chi connectivity index (χ1) is 12.3. The number of nitrogens with one attached hydrogen (secondary N) is 1. The molecule has 2 rings (SSSR count). The van der Waals surface area contributed by atoms with Crippen LogP contribution in [-0.2, 0) is 20.7 Å². The van der Waals surface area contributed by atoms with Crippen molar-refractivity contribution in [2.24, 2.45) is 0 Å². The molecule has 2 aromatic carbocycles. The SMILES string of the molecule is Cc1cccc(C(C)C)c1NC(=O)COC(=O)Cc1c(Cl)cccc1Cl. The van der Waals surface area contributed by atoms with Gasteiger partial charge in [-0.2, -0.15) is 0 Å². The van der Waals surface area contributed by atoms with Crippen molar-refractivity contribution in [3.05, 3.63) is 63.1 Å². The average Bonchev–Trinajstić information content (AvgIpc) is 2.58. The Morgan fingerprint density at radius 3 is 2.31 bits per heavy atom. The summed E-state index contributed by atoms with van der Waals surface area (Å²) in [6.45, 7) is 5.66. The molecule has 0 saturated heterocycles.